The third-order valence-corrected chi connectivity index (χ3v) is 5.91. The zero-order chi connectivity index (χ0) is 18.5. The molecule has 26 heavy (non-hydrogen) atoms. The van der Waals surface area contributed by atoms with Crippen molar-refractivity contribution in [1.82, 2.24) is 30.1 Å². The Kier molecular flexibility index (Phi) is 6.39. The van der Waals surface area contributed by atoms with E-state index in [0.717, 1.165) is 34.7 Å². The standard InChI is InChI=1S/C18H24N6S2/c1-13(2)14-5-7-15(8-6-14)17-19-16(11-25-17)12-26-18-20-21-22-24(18)10-9-23(3)4/h5-8,11,13H,9-10,12H2,1-4H3. The SMILES string of the molecule is CC(C)c1ccc(-c2nc(CSc3nnnn3CCN(C)C)cs2)cc1. The van der Waals surface area contributed by atoms with E-state index >= 15 is 0 Å². The fraction of sp³-hybridized carbons (Fsp3) is 0.444. The van der Waals surface area contributed by atoms with Gasteiger partial charge in [-0.25, -0.2) is 9.67 Å². The first-order valence-electron chi connectivity index (χ1n) is 8.61. The molecule has 0 amide bonds. The minimum absolute atomic E-state index is 0.547. The molecule has 0 bridgehead atoms. The van der Waals surface area contributed by atoms with Gasteiger partial charge in [0.1, 0.15) is 5.01 Å². The zero-order valence-corrected chi connectivity index (χ0v) is 17.2. The van der Waals surface area contributed by atoms with E-state index in [1.165, 1.54) is 11.1 Å². The van der Waals surface area contributed by atoms with Crippen molar-refractivity contribution in [1.29, 1.82) is 0 Å². The lowest BCUT2D eigenvalue weighted by Crippen LogP contribution is -2.19. The summed E-state index contributed by atoms with van der Waals surface area (Å²) in [6, 6.07) is 8.70. The Hall–Kier alpha value is -1.77. The third-order valence-electron chi connectivity index (χ3n) is 3.98. The van der Waals surface area contributed by atoms with Crippen molar-refractivity contribution in [2.75, 3.05) is 20.6 Å². The molecule has 0 N–H and O–H groups in total. The van der Waals surface area contributed by atoms with Crippen LogP contribution in [0.3, 0.4) is 0 Å². The Morgan fingerprint density at radius 1 is 1.19 bits per heavy atom. The predicted octanol–water partition coefficient (Wildman–Crippen LogP) is 3.77. The molecule has 0 saturated heterocycles. The molecule has 0 spiro atoms. The summed E-state index contributed by atoms with van der Waals surface area (Å²) < 4.78 is 1.85. The molecule has 2 heterocycles. The summed E-state index contributed by atoms with van der Waals surface area (Å²) in [6.07, 6.45) is 0. The lowest BCUT2D eigenvalue weighted by molar-refractivity contribution is 0.361. The van der Waals surface area contributed by atoms with E-state index in [0.29, 0.717) is 5.92 Å². The Morgan fingerprint density at radius 2 is 1.96 bits per heavy atom. The topological polar surface area (TPSA) is 59.7 Å². The van der Waals surface area contributed by atoms with Gasteiger partial charge in [0, 0.05) is 23.2 Å². The highest BCUT2D eigenvalue weighted by Crippen LogP contribution is 2.28. The van der Waals surface area contributed by atoms with Gasteiger partial charge in [0.2, 0.25) is 5.16 Å². The van der Waals surface area contributed by atoms with Gasteiger partial charge in [-0.05, 0) is 36.0 Å². The maximum Gasteiger partial charge on any atom is 0.209 e. The number of rotatable bonds is 8. The average molecular weight is 389 g/mol. The molecule has 6 nitrogen and oxygen atoms in total. The molecule has 2 aromatic heterocycles. The van der Waals surface area contributed by atoms with E-state index in [2.05, 4.69) is 63.9 Å². The molecular weight excluding hydrogens is 364 g/mol. The van der Waals surface area contributed by atoms with Gasteiger partial charge in [0.15, 0.2) is 0 Å². The van der Waals surface area contributed by atoms with E-state index in [-0.39, 0.29) is 0 Å². The first-order chi connectivity index (χ1) is 12.5. The molecule has 1 aromatic carbocycles. The van der Waals surface area contributed by atoms with E-state index in [1.54, 1.807) is 23.1 Å². The molecule has 0 saturated carbocycles. The number of aromatic nitrogens is 5. The Balaban J connectivity index is 1.61. The number of hydrogen-bond acceptors (Lipinski definition) is 7. The highest BCUT2D eigenvalue weighted by atomic mass is 32.2. The summed E-state index contributed by atoms with van der Waals surface area (Å²) in [5, 5.41) is 16.0. The molecule has 0 aliphatic rings. The number of likely N-dealkylation sites (N-methyl/N-ethyl adjacent to an activating group) is 1. The maximum absolute atomic E-state index is 4.77. The Labute approximate surface area is 162 Å². The van der Waals surface area contributed by atoms with Crippen LogP contribution in [-0.2, 0) is 12.3 Å². The summed E-state index contributed by atoms with van der Waals surface area (Å²) in [5.74, 6) is 1.31. The van der Waals surface area contributed by atoms with Crippen LogP contribution in [0.4, 0.5) is 0 Å². The minimum atomic E-state index is 0.547. The van der Waals surface area contributed by atoms with E-state index in [4.69, 9.17) is 4.98 Å². The lowest BCUT2D eigenvalue weighted by atomic mass is 10.0. The van der Waals surface area contributed by atoms with Crippen molar-refractivity contribution in [3.63, 3.8) is 0 Å². The molecule has 0 aliphatic heterocycles. The number of hydrogen-bond donors (Lipinski definition) is 0. The van der Waals surface area contributed by atoms with Crippen LogP contribution >= 0.6 is 23.1 Å². The molecule has 0 fully saturated rings. The quantitative estimate of drug-likeness (QED) is 0.548. The summed E-state index contributed by atoms with van der Waals surface area (Å²) in [7, 11) is 4.09. The summed E-state index contributed by atoms with van der Waals surface area (Å²) in [5.41, 5.74) is 3.59. The van der Waals surface area contributed by atoms with Crippen molar-refractivity contribution in [3.8, 4) is 10.6 Å². The molecule has 8 heteroatoms. The van der Waals surface area contributed by atoms with Crippen LogP contribution in [0, 0.1) is 0 Å². The molecule has 0 atom stereocenters. The van der Waals surface area contributed by atoms with Crippen molar-refractivity contribution >= 4 is 23.1 Å². The van der Waals surface area contributed by atoms with Crippen LogP contribution in [0.2, 0.25) is 0 Å². The van der Waals surface area contributed by atoms with Crippen LogP contribution in [0.25, 0.3) is 10.6 Å². The third kappa shape index (κ3) is 4.90. The summed E-state index contributed by atoms with van der Waals surface area (Å²) in [6.45, 7) is 6.11. The minimum Gasteiger partial charge on any atom is -0.308 e. The van der Waals surface area contributed by atoms with E-state index < -0.39 is 0 Å². The van der Waals surface area contributed by atoms with Gasteiger partial charge in [-0.2, -0.15) is 0 Å². The fourth-order valence-corrected chi connectivity index (χ4v) is 4.12. The summed E-state index contributed by atoms with van der Waals surface area (Å²) in [4.78, 5) is 6.89. The highest BCUT2D eigenvalue weighted by molar-refractivity contribution is 7.98. The Bertz CT molecular complexity index is 822. The molecule has 138 valence electrons. The van der Waals surface area contributed by atoms with Crippen molar-refractivity contribution in [3.05, 3.63) is 40.9 Å². The highest BCUT2D eigenvalue weighted by Gasteiger charge is 2.10. The fourth-order valence-electron chi connectivity index (χ4n) is 2.39. The number of benzene rings is 1. The van der Waals surface area contributed by atoms with Crippen molar-refractivity contribution in [2.24, 2.45) is 0 Å². The van der Waals surface area contributed by atoms with Gasteiger partial charge in [-0.1, -0.05) is 49.9 Å². The second kappa shape index (κ2) is 8.75. The molecule has 3 rings (SSSR count). The second-order valence-electron chi connectivity index (χ2n) is 6.70. The zero-order valence-electron chi connectivity index (χ0n) is 15.6. The first kappa shape index (κ1) is 19.0. The van der Waals surface area contributed by atoms with Gasteiger partial charge in [0.25, 0.3) is 0 Å². The Morgan fingerprint density at radius 3 is 2.65 bits per heavy atom. The van der Waals surface area contributed by atoms with Crippen molar-refractivity contribution in [2.45, 2.75) is 37.2 Å². The van der Waals surface area contributed by atoms with E-state index in [9.17, 15) is 0 Å². The predicted molar refractivity (Wildman–Crippen MR) is 108 cm³/mol. The molecule has 0 radical (unpaired) electrons. The second-order valence-corrected chi connectivity index (χ2v) is 8.50. The molecular formula is C18H24N6S2. The number of nitrogens with zero attached hydrogens (tertiary/aromatic N) is 6. The number of thiazole rings is 1. The average Bonchev–Trinajstić information content (AvgIpc) is 3.27. The van der Waals surface area contributed by atoms with Crippen LogP contribution in [0.15, 0.2) is 34.8 Å². The molecule has 0 aliphatic carbocycles. The van der Waals surface area contributed by atoms with Crippen LogP contribution < -0.4 is 0 Å². The van der Waals surface area contributed by atoms with E-state index in [1.807, 2.05) is 18.8 Å². The molecule has 3 aromatic rings. The summed E-state index contributed by atoms with van der Waals surface area (Å²) >= 11 is 3.31. The van der Waals surface area contributed by atoms with Crippen LogP contribution in [0.5, 0.6) is 0 Å². The van der Waals surface area contributed by atoms with Gasteiger partial charge in [-0.3, -0.25) is 0 Å². The monoisotopic (exact) mass is 388 g/mol. The maximum atomic E-state index is 4.77. The van der Waals surface area contributed by atoms with Gasteiger partial charge >= 0.3 is 0 Å². The lowest BCUT2D eigenvalue weighted by Gasteiger charge is -2.09. The van der Waals surface area contributed by atoms with Gasteiger partial charge < -0.3 is 4.90 Å². The van der Waals surface area contributed by atoms with Gasteiger partial charge in [0.05, 0.1) is 12.2 Å². The van der Waals surface area contributed by atoms with Gasteiger partial charge in [-0.15, -0.1) is 16.4 Å². The van der Waals surface area contributed by atoms with Crippen molar-refractivity contribution < 1.29 is 0 Å². The van der Waals surface area contributed by atoms with Crippen LogP contribution in [-0.4, -0.2) is 50.7 Å². The smallest absolute Gasteiger partial charge is 0.209 e. The number of thioether (sulfide) groups is 1. The largest absolute Gasteiger partial charge is 0.308 e. The first-order valence-corrected chi connectivity index (χ1v) is 10.5. The molecule has 0 unspecified atom stereocenters. The number of tetrazole rings is 1. The van der Waals surface area contributed by atoms with Crippen LogP contribution in [0.1, 0.15) is 31.0 Å². The normalized spacial score (nSPS) is 11.6.